The van der Waals surface area contributed by atoms with Crippen molar-refractivity contribution in [3.05, 3.63) is 36.2 Å². The molecule has 0 saturated heterocycles. The molecule has 1 aromatic carbocycles. The van der Waals surface area contributed by atoms with Crippen LogP contribution in [0.25, 0.3) is 11.0 Å². The van der Waals surface area contributed by atoms with Crippen LogP contribution >= 0.6 is 11.6 Å². The molecule has 2 unspecified atom stereocenters. The Hall–Kier alpha value is -1.68. The number of carbonyl (C=O) groups excluding carboxylic acids is 1. The van der Waals surface area contributed by atoms with E-state index in [-0.39, 0.29) is 5.91 Å². The molecule has 1 heterocycles. The minimum atomic E-state index is -0.0821. The van der Waals surface area contributed by atoms with Gasteiger partial charge in [0.05, 0.1) is 11.1 Å². The second-order valence-electron chi connectivity index (χ2n) is 5.55. The molecular formula is C16H18ClN3O. The first-order chi connectivity index (χ1) is 10.3. The molecule has 0 bridgehead atoms. The maximum absolute atomic E-state index is 12.4. The van der Waals surface area contributed by atoms with Gasteiger partial charge >= 0.3 is 0 Å². The Bertz CT molecular complexity index is 641. The molecule has 5 heteroatoms. The topological polar surface area (TPSA) is 54.9 Å². The van der Waals surface area contributed by atoms with Gasteiger partial charge in [0.15, 0.2) is 0 Å². The average Bonchev–Trinajstić information content (AvgIpc) is 2.99. The molecule has 3 rings (SSSR count). The second kappa shape index (κ2) is 6.39. The zero-order chi connectivity index (χ0) is 14.7. The largest absolute Gasteiger partial charge is 0.352 e. The van der Waals surface area contributed by atoms with Crippen molar-refractivity contribution in [1.29, 1.82) is 0 Å². The molecule has 2 atom stereocenters. The summed E-state index contributed by atoms with van der Waals surface area (Å²) in [7, 11) is 0. The van der Waals surface area contributed by atoms with Crippen molar-refractivity contribution in [2.75, 3.05) is 12.4 Å². The summed E-state index contributed by atoms with van der Waals surface area (Å²) in [6.07, 6.45) is 6.77. The van der Waals surface area contributed by atoms with E-state index in [1.165, 1.54) is 12.8 Å². The van der Waals surface area contributed by atoms with Crippen LogP contribution in [0.4, 0.5) is 0 Å². The van der Waals surface area contributed by atoms with Gasteiger partial charge in [0.25, 0.3) is 5.91 Å². The minimum absolute atomic E-state index is 0.0821. The zero-order valence-electron chi connectivity index (χ0n) is 11.8. The SMILES string of the molecule is O=C(NCC1CCCC1CCl)c1cccc2nccnc12. The van der Waals surface area contributed by atoms with Crippen LogP contribution in [-0.2, 0) is 0 Å². The lowest BCUT2D eigenvalue weighted by Gasteiger charge is -2.17. The molecule has 1 aliphatic carbocycles. The number of nitrogens with one attached hydrogen (secondary N) is 1. The molecule has 1 aliphatic rings. The van der Waals surface area contributed by atoms with Crippen LogP contribution in [0.15, 0.2) is 30.6 Å². The first kappa shape index (κ1) is 14.3. The predicted octanol–water partition coefficient (Wildman–Crippen LogP) is 3.01. The highest BCUT2D eigenvalue weighted by Crippen LogP contribution is 2.32. The quantitative estimate of drug-likeness (QED) is 0.883. The highest BCUT2D eigenvalue weighted by Gasteiger charge is 2.26. The monoisotopic (exact) mass is 303 g/mol. The van der Waals surface area contributed by atoms with E-state index in [0.717, 1.165) is 11.9 Å². The molecule has 4 nitrogen and oxygen atoms in total. The number of carbonyl (C=O) groups is 1. The van der Waals surface area contributed by atoms with Gasteiger partial charge < -0.3 is 5.32 Å². The van der Waals surface area contributed by atoms with Gasteiger partial charge in [-0.2, -0.15) is 0 Å². The van der Waals surface area contributed by atoms with Gasteiger partial charge in [0.2, 0.25) is 0 Å². The number of nitrogens with zero attached hydrogens (tertiary/aromatic N) is 2. The standard InChI is InChI=1S/C16H18ClN3O/c17-9-11-3-1-4-12(11)10-20-16(21)13-5-2-6-14-15(13)19-8-7-18-14/h2,5-8,11-12H,1,3-4,9-10H2,(H,20,21). The van der Waals surface area contributed by atoms with Gasteiger partial charge in [-0.05, 0) is 36.8 Å². The molecule has 0 radical (unpaired) electrons. The molecule has 1 amide bonds. The van der Waals surface area contributed by atoms with Gasteiger partial charge in [0.1, 0.15) is 5.52 Å². The van der Waals surface area contributed by atoms with Gasteiger partial charge in [0, 0.05) is 24.8 Å². The third-order valence-corrected chi connectivity index (χ3v) is 4.68. The fraction of sp³-hybridized carbons (Fsp3) is 0.438. The Morgan fingerprint density at radius 2 is 2.05 bits per heavy atom. The number of rotatable bonds is 4. The third-order valence-electron chi connectivity index (χ3n) is 4.28. The van der Waals surface area contributed by atoms with E-state index in [0.29, 0.717) is 35.3 Å². The number of amides is 1. The second-order valence-corrected chi connectivity index (χ2v) is 5.85. The molecule has 1 saturated carbocycles. The van der Waals surface area contributed by atoms with Gasteiger partial charge in [-0.1, -0.05) is 12.5 Å². The van der Waals surface area contributed by atoms with E-state index in [2.05, 4.69) is 15.3 Å². The summed E-state index contributed by atoms with van der Waals surface area (Å²) in [5, 5.41) is 3.03. The Kier molecular flexibility index (Phi) is 4.34. The fourth-order valence-electron chi connectivity index (χ4n) is 3.08. The molecule has 1 fully saturated rings. The molecule has 0 spiro atoms. The fourth-order valence-corrected chi connectivity index (χ4v) is 3.49. The van der Waals surface area contributed by atoms with Crippen molar-refractivity contribution in [1.82, 2.24) is 15.3 Å². The predicted molar refractivity (Wildman–Crippen MR) is 83.4 cm³/mol. The van der Waals surface area contributed by atoms with Crippen LogP contribution in [0.3, 0.4) is 0 Å². The summed E-state index contributed by atoms with van der Waals surface area (Å²) in [6.45, 7) is 0.687. The normalized spacial score (nSPS) is 21.6. The number of aromatic nitrogens is 2. The van der Waals surface area contributed by atoms with Crippen LogP contribution < -0.4 is 5.32 Å². The number of para-hydroxylation sites is 1. The van der Waals surface area contributed by atoms with Crippen LogP contribution in [0.1, 0.15) is 29.6 Å². The highest BCUT2D eigenvalue weighted by molar-refractivity contribution is 6.18. The Balaban J connectivity index is 1.72. The molecule has 2 aromatic rings. The van der Waals surface area contributed by atoms with E-state index < -0.39 is 0 Å². The molecule has 1 aromatic heterocycles. The molecule has 1 N–H and O–H groups in total. The molecule has 21 heavy (non-hydrogen) atoms. The lowest BCUT2D eigenvalue weighted by Crippen LogP contribution is -2.31. The first-order valence-electron chi connectivity index (χ1n) is 7.33. The summed E-state index contributed by atoms with van der Waals surface area (Å²) in [5.74, 6) is 1.62. The summed E-state index contributed by atoms with van der Waals surface area (Å²) in [5.41, 5.74) is 1.98. The van der Waals surface area contributed by atoms with Gasteiger partial charge in [-0.15, -0.1) is 11.6 Å². The number of benzene rings is 1. The Labute approximate surface area is 128 Å². The Morgan fingerprint density at radius 1 is 1.24 bits per heavy atom. The van der Waals surface area contributed by atoms with Crippen molar-refractivity contribution in [3.63, 3.8) is 0 Å². The van der Waals surface area contributed by atoms with Gasteiger partial charge in [-0.25, -0.2) is 0 Å². The number of fused-ring (bicyclic) bond motifs is 1. The van der Waals surface area contributed by atoms with E-state index >= 15 is 0 Å². The van der Waals surface area contributed by atoms with E-state index in [1.54, 1.807) is 18.5 Å². The maximum atomic E-state index is 12.4. The van der Waals surface area contributed by atoms with Crippen LogP contribution in [0.2, 0.25) is 0 Å². The number of halogens is 1. The summed E-state index contributed by atoms with van der Waals surface area (Å²) >= 11 is 5.98. The first-order valence-corrected chi connectivity index (χ1v) is 7.87. The average molecular weight is 304 g/mol. The van der Waals surface area contributed by atoms with Crippen LogP contribution in [0.5, 0.6) is 0 Å². The third kappa shape index (κ3) is 3.00. The molecular weight excluding hydrogens is 286 g/mol. The van der Waals surface area contributed by atoms with Gasteiger partial charge in [-0.3, -0.25) is 14.8 Å². The van der Waals surface area contributed by atoms with Crippen LogP contribution in [-0.4, -0.2) is 28.3 Å². The lowest BCUT2D eigenvalue weighted by molar-refractivity contribution is 0.0946. The van der Waals surface area contributed by atoms with Crippen molar-refractivity contribution in [2.24, 2.45) is 11.8 Å². The van der Waals surface area contributed by atoms with E-state index in [4.69, 9.17) is 11.6 Å². The maximum Gasteiger partial charge on any atom is 0.253 e. The number of hydrogen-bond acceptors (Lipinski definition) is 3. The number of alkyl halides is 1. The Morgan fingerprint density at radius 3 is 2.90 bits per heavy atom. The summed E-state index contributed by atoms with van der Waals surface area (Å²) in [6, 6.07) is 5.49. The van der Waals surface area contributed by atoms with Crippen molar-refractivity contribution in [3.8, 4) is 0 Å². The zero-order valence-corrected chi connectivity index (χ0v) is 12.5. The van der Waals surface area contributed by atoms with Crippen LogP contribution in [0, 0.1) is 11.8 Å². The summed E-state index contributed by atoms with van der Waals surface area (Å²) in [4.78, 5) is 20.9. The molecule has 0 aliphatic heterocycles. The van der Waals surface area contributed by atoms with Crippen molar-refractivity contribution in [2.45, 2.75) is 19.3 Å². The van der Waals surface area contributed by atoms with Crippen molar-refractivity contribution >= 4 is 28.5 Å². The van der Waals surface area contributed by atoms with Crippen molar-refractivity contribution < 1.29 is 4.79 Å². The molecule has 110 valence electrons. The smallest absolute Gasteiger partial charge is 0.253 e. The van der Waals surface area contributed by atoms with E-state index in [9.17, 15) is 4.79 Å². The lowest BCUT2D eigenvalue weighted by atomic mass is 9.98. The van der Waals surface area contributed by atoms with E-state index in [1.807, 2.05) is 12.1 Å². The minimum Gasteiger partial charge on any atom is -0.352 e. The number of hydrogen-bond donors (Lipinski definition) is 1. The summed E-state index contributed by atoms with van der Waals surface area (Å²) < 4.78 is 0. The highest BCUT2D eigenvalue weighted by atomic mass is 35.5.